The van der Waals surface area contributed by atoms with Gasteiger partial charge in [-0.15, -0.1) is 0 Å². The Morgan fingerprint density at radius 1 is 1.06 bits per heavy atom. The maximum atomic E-state index is 13.2. The lowest BCUT2D eigenvalue weighted by molar-refractivity contribution is -0.143. The standard InChI is InChI=1S/C25H34N2O4/c1-6-14-26-25(29)22(7-2)27(16-20-10-12-21(30-5)13-11-20)24(28)17-31-23-15-18(3)8-9-19(23)4/h8-13,15,22H,6-7,14,16-17H2,1-5H3,(H,26,29)/t22-/m0/s1. The quantitative estimate of drug-likeness (QED) is 0.589. The summed E-state index contributed by atoms with van der Waals surface area (Å²) in [6.45, 7) is 8.61. The molecule has 0 aliphatic carbocycles. The first-order chi connectivity index (χ1) is 14.9. The van der Waals surface area contributed by atoms with Crippen molar-refractivity contribution in [2.75, 3.05) is 20.3 Å². The van der Waals surface area contributed by atoms with Gasteiger partial charge in [-0.2, -0.15) is 0 Å². The van der Waals surface area contributed by atoms with Gasteiger partial charge in [0.05, 0.1) is 7.11 Å². The molecule has 6 nitrogen and oxygen atoms in total. The average molecular weight is 427 g/mol. The monoisotopic (exact) mass is 426 g/mol. The Hall–Kier alpha value is -3.02. The number of aryl methyl sites for hydroxylation is 2. The van der Waals surface area contributed by atoms with E-state index in [4.69, 9.17) is 9.47 Å². The third kappa shape index (κ3) is 7.02. The van der Waals surface area contributed by atoms with Gasteiger partial charge in [0, 0.05) is 13.1 Å². The number of nitrogens with one attached hydrogen (secondary N) is 1. The molecule has 2 aromatic rings. The lowest BCUT2D eigenvalue weighted by atomic mass is 10.1. The van der Waals surface area contributed by atoms with Crippen molar-refractivity contribution in [3.63, 3.8) is 0 Å². The van der Waals surface area contributed by atoms with Crippen molar-refractivity contribution in [2.45, 2.75) is 53.1 Å². The Labute approximate surface area is 185 Å². The summed E-state index contributed by atoms with van der Waals surface area (Å²) in [5.41, 5.74) is 2.95. The molecule has 1 atom stereocenters. The summed E-state index contributed by atoms with van der Waals surface area (Å²) in [7, 11) is 1.61. The zero-order valence-electron chi connectivity index (χ0n) is 19.2. The van der Waals surface area contributed by atoms with Gasteiger partial charge >= 0.3 is 0 Å². The summed E-state index contributed by atoms with van der Waals surface area (Å²) in [5.74, 6) is 1.06. The molecule has 0 unspecified atom stereocenters. The molecule has 0 aliphatic heterocycles. The number of carbonyl (C=O) groups excluding carboxylic acids is 2. The van der Waals surface area contributed by atoms with Crippen LogP contribution in [0, 0.1) is 13.8 Å². The van der Waals surface area contributed by atoms with Crippen LogP contribution in [0.3, 0.4) is 0 Å². The predicted molar refractivity (Wildman–Crippen MR) is 122 cm³/mol. The fraction of sp³-hybridized carbons (Fsp3) is 0.440. The molecular weight excluding hydrogens is 392 g/mol. The Bertz CT molecular complexity index is 864. The van der Waals surface area contributed by atoms with Gasteiger partial charge in [0.25, 0.3) is 5.91 Å². The van der Waals surface area contributed by atoms with Crippen molar-refractivity contribution in [3.05, 3.63) is 59.2 Å². The van der Waals surface area contributed by atoms with E-state index in [-0.39, 0.29) is 18.4 Å². The fourth-order valence-corrected chi connectivity index (χ4v) is 3.30. The number of hydrogen-bond donors (Lipinski definition) is 1. The van der Waals surface area contributed by atoms with Gasteiger partial charge in [0.15, 0.2) is 6.61 Å². The second-order valence-electron chi connectivity index (χ2n) is 7.64. The number of hydrogen-bond acceptors (Lipinski definition) is 4. The van der Waals surface area contributed by atoms with E-state index in [0.717, 1.165) is 28.9 Å². The molecule has 0 spiro atoms. The van der Waals surface area contributed by atoms with E-state index in [1.807, 2.05) is 70.2 Å². The molecule has 0 saturated heterocycles. The van der Waals surface area contributed by atoms with Crippen LogP contribution in [0.25, 0.3) is 0 Å². The minimum atomic E-state index is -0.566. The number of nitrogens with zero attached hydrogens (tertiary/aromatic N) is 1. The molecule has 0 radical (unpaired) electrons. The molecular formula is C25H34N2O4. The smallest absolute Gasteiger partial charge is 0.261 e. The van der Waals surface area contributed by atoms with Crippen LogP contribution in [0.2, 0.25) is 0 Å². The van der Waals surface area contributed by atoms with E-state index >= 15 is 0 Å². The highest BCUT2D eigenvalue weighted by atomic mass is 16.5. The summed E-state index contributed by atoms with van der Waals surface area (Å²) in [4.78, 5) is 27.6. The van der Waals surface area contributed by atoms with Crippen LogP contribution < -0.4 is 14.8 Å². The van der Waals surface area contributed by atoms with Crippen LogP contribution in [-0.2, 0) is 16.1 Å². The Morgan fingerprint density at radius 3 is 2.39 bits per heavy atom. The van der Waals surface area contributed by atoms with E-state index in [2.05, 4.69) is 5.32 Å². The highest BCUT2D eigenvalue weighted by molar-refractivity contribution is 5.88. The van der Waals surface area contributed by atoms with Crippen LogP contribution in [-0.4, -0.2) is 43.0 Å². The molecule has 0 saturated carbocycles. The molecule has 6 heteroatoms. The van der Waals surface area contributed by atoms with Gasteiger partial charge in [-0.3, -0.25) is 9.59 Å². The minimum absolute atomic E-state index is 0.127. The van der Waals surface area contributed by atoms with Crippen molar-refractivity contribution < 1.29 is 19.1 Å². The first-order valence-corrected chi connectivity index (χ1v) is 10.8. The Kier molecular flexibility index (Phi) is 9.38. The largest absolute Gasteiger partial charge is 0.497 e. The third-order valence-corrected chi connectivity index (χ3v) is 5.14. The van der Waals surface area contributed by atoms with E-state index in [9.17, 15) is 9.59 Å². The van der Waals surface area contributed by atoms with E-state index < -0.39 is 6.04 Å². The molecule has 0 bridgehead atoms. The Morgan fingerprint density at radius 2 is 1.77 bits per heavy atom. The number of amides is 2. The molecule has 2 aromatic carbocycles. The zero-order valence-corrected chi connectivity index (χ0v) is 19.2. The molecule has 0 aromatic heterocycles. The summed E-state index contributed by atoms with van der Waals surface area (Å²) in [6, 6.07) is 12.8. The van der Waals surface area contributed by atoms with Gasteiger partial charge in [0.2, 0.25) is 5.91 Å². The van der Waals surface area contributed by atoms with Crippen molar-refractivity contribution in [1.82, 2.24) is 10.2 Å². The Balaban J connectivity index is 2.22. The molecule has 0 aliphatic rings. The average Bonchev–Trinajstić information content (AvgIpc) is 2.78. The first-order valence-electron chi connectivity index (χ1n) is 10.8. The van der Waals surface area contributed by atoms with Gasteiger partial charge in [-0.05, 0) is 61.6 Å². The second-order valence-corrected chi connectivity index (χ2v) is 7.64. The van der Waals surface area contributed by atoms with Crippen molar-refractivity contribution >= 4 is 11.8 Å². The molecule has 2 amide bonds. The number of carbonyl (C=O) groups is 2. The molecule has 2 rings (SSSR count). The van der Waals surface area contributed by atoms with Crippen LogP contribution in [0.1, 0.15) is 43.4 Å². The van der Waals surface area contributed by atoms with Crippen LogP contribution in [0.4, 0.5) is 0 Å². The molecule has 1 N–H and O–H groups in total. The van der Waals surface area contributed by atoms with E-state index in [0.29, 0.717) is 25.3 Å². The molecule has 31 heavy (non-hydrogen) atoms. The fourth-order valence-electron chi connectivity index (χ4n) is 3.30. The van der Waals surface area contributed by atoms with Crippen molar-refractivity contribution in [1.29, 1.82) is 0 Å². The van der Waals surface area contributed by atoms with Crippen LogP contribution in [0.5, 0.6) is 11.5 Å². The third-order valence-electron chi connectivity index (χ3n) is 5.14. The number of rotatable bonds is 11. The van der Waals surface area contributed by atoms with Crippen LogP contribution >= 0.6 is 0 Å². The molecule has 168 valence electrons. The number of methoxy groups -OCH3 is 1. The summed E-state index contributed by atoms with van der Waals surface area (Å²) in [5, 5.41) is 2.92. The van der Waals surface area contributed by atoms with Gasteiger partial charge < -0.3 is 19.7 Å². The summed E-state index contributed by atoms with van der Waals surface area (Å²) >= 11 is 0. The normalized spacial score (nSPS) is 11.5. The predicted octanol–water partition coefficient (Wildman–Crippen LogP) is 4.02. The molecule has 0 fully saturated rings. The van der Waals surface area contributed by atoms with E-state index in [1.54, 1.807) is 12.0 Å². The topological polar surface area (TPSA) is 67.9 Å². The maximum Gasteiger partial charge on any atom is 0.261 e. The highest BCUT2D eigenvalue weighted by Crippen LogP contribution is 2.20. The minimum Gasteiger partial charge on any atom is -0.497 e. The summed E-state index contributed by atoms with van der Waals surface area (Å²) in [6.07, 6.45) is 1.35. The summed E-state index contributed by atoms with van der Waals surface area (Å²) < 4.78 is 11.1. The van der Waals surface area contributed by atoms with Crippen LogP contribution in [0.15, 0.2) is 42.5 Å². The van der Waals surface area contributed by atoms with Gasteiger partial charge in [-0.25, -0.2) is 0 Å². The maximum absolute atomic E-state index is 13.2. The highest BCUT2D eigenvalue weighted by Gasteiger charge is 2.28. The van der Waals surface area contributed by atoms with Gasteiger partial charge in [-0.1, -0.05) is 38.1 Å². The van der Waals surface area contributed by atoms with Crippen molar-refractivity contribution in [2.24, 2.45) is 0 Å². The lowest BCUT2D eigenvalue weighted by Crippen LogP contribution is -2.50. The SMILES string of the molecule is CCCNC(=O)[C@H](CC)N(Cc1ccc(OC)cc1)C(=O)COc1cc(C)ccc1C. The zero-order chi connectivity index (χ0) is 22.8. The van der Waals surface area contributed by atoms with Gasteiger partial charge in [0.1, 0.15) is 17.5 Å². The second kappa shape index (κ2) is 12.0. The number of benzene rings is 2. The molecule has 0 heterocycles. The van der Waals surface area contributed by atoms with E-state index in [1.165, 1.54) is 0 Å². The lowest BCUT2D eigenvalue weighted by Gasteiger charge is -2.30. The number of ether oxygens (including phenoxy) is 2. The van der Waals surface area contributed by atoms with Crippen molar-refractivity contribution in [3.8, 4) is 11.5 Å². The first kappa shape index (κ1) is 24.3.